The number of hydrogen-bond donors (Lipinski definition) is 0. The van der Waals surface area contributed by atoms with Crippen LogP contribution in [-0.2, 0) is 9.59 Å². The molecule has 17 heavy (non-hydrogen) atoms. The number of benzene rings is 1. The molecule has 0 unspecified atom stereocenters. The summed E-state index contributed by atoms with van der Waals surface area (Å²) in [5.74, 6) is -1.17. The lowest BCUT2D eigenvalue weighted by molar-refractivity contribution is -0.134. The van der Waals surface area contributed by atoms with Crippen LogP contribution in [0.3, 0.4) is 0 Å². The maximum absolute atomic E-state index is 12.1. The third kappa shape index (κ3) is 1.91. The standard InChI is InChI=1S/C12H11NO4/c1-17-9-5-3-2-4-8(9)12(16)13-10(14)6-7-11(13)15/h2-5H,6-7H2,1H3. The van der Waals surface area contributed by atoms with Crippen LogP contribution in [-0.4, -0.2) is 29.7 Å². The number of ether oxygens (including phenoxy) is 1. The summed E-state index contributed by atoms with van der Waals surface area (Å²) in [6.45, 7) is 0. The summed E-state index contributed by atoms with van der Waals surface area (Å²) in [4.78, 5) is 35.6. The first kappa shape index (κ1) is 11.3. The predicted octanol–water partition coefficient (Wildman–Crippen LogP) is 0.984. The molecule has 0 N–H and O–H groups in total. The van der Waals surface area contributed by atoms with Gasteiger partial charge in [0, 0.05) is 12.8 Å². The Labute approximate surface area is 98.0 Å². The molecule has 0 radical (unpaired) electrons. The zero-order chi connectivity index (χ0) is 12.4. The third-order valence-electron chi connectivity index (χ3n) is 2.59. The van der Waals surface area contributed by atoms with Crippen LogP contribution in [0.1, 0.15) is 23.2 Å². The molecule has 0 saturated carbocycles. The van der Waals surface area contributed by atoms with E-state index >= 15 is 0 Å². The second-order valence-corrected chi connectivity index (χ2v) is 3.63. The van der Waals surface area contributed by atoms with Gasteiger partial charge < -0.3 is 4.74 Å². The Hall–Kier alpha value is -2.17. The lowest BCUT2D eigenvalue weighted by Gasteiger charge is -2.13. The number of likely N-dealkylation sites (tertiary alicyclic amines) is 1. The van der Waals surface area contributed by atoms with Crippen LogP contribution in [0, 0.1) is 0 Å². The van der Waals surface area contributed by atoms with Gasteiger partial charge in [-0.05, 0) is 12.1 Å². The minimum absolute atomic E-state index is 0.0969. The van der Waals surface area contributed by atoms with Crippen LogP contribution < -0.4 is 4.74 Å². The molecule has 0 atom stereocenters. The van der Waals surface area contributed by atoms with E-state index < -0.39 is 17.7 Å². The Bertz CT molecular complexity index is 479. The molecule has 0 aliphatic carbocycles. The number of carbonyl (C=O) groups is 3. The van der Waals surface area contributed by atoms with Crippen molar-refractivity contribution in [1.29, 1.82) is 0 Å². The molecule has 1 aliphatic heterocycles. The van der Waals surface area contributed by atoms with E-state index in [1.807, 2.05) is 0 Å². The molecule has 2 rings (SSSR count). The van der Waals surface area contributed by atoms with Gasteiger partial charge in [0.25, 0.3) is 5.91 Å². The van der Waals surface area contributed by atoms with Crippen LogP contribution in [0.25, 0.3) is 0 Å². The summed E-state index contributed by atoms with van der Waals surface area (Å²) in [6, 6.07) is 6.50. The molecule has 0 spiro atoms. The highest BCUT2D eigenvalue weighted by molar-refractivity contribution is 6.20. The van der Waals surface area contributed by atoms with Crippen molar-refractivity contribution in [2.75, 3.05) is 7.11 Å². The summed E-state index contributed by atoms with van der Waals surface area (Å²) < 4.78 is 5.03. The Morgan fingerprint density at radius 3 is 2.35 bits per heavy atom. The van der Waals surface area contributed by atoms with Gasteiger partial charge >= 0.3 is 0 Å². The maximum atomic E-state index is 12.1. The number of methoxy groups -OCH3 is 1. The van der Waals surface area contributed by atoms with Gasteiger partial charge in [-0.25, -0.2) is 4.90 Å². The molecule has 1 aromatic rings. The lowest BCUT2D eigenvalue weighted by atomic mass is 10.2. The van der Waals surface area contributed by atoms with Crippen LogP contribution in [0.15, 0.2) is 24.3 Å². The van der Waals surface area contributed by atoms with Gasteiger partial charge in [-0.3, -0.25) is 14.4 Å². The molecule has 5 nitrogen and oxygen atoms in total. The minimum atomic E-state index is -0.616. The second kappa shape index (κ2) is 4.37. The highest BCUT2D eigenvalue weighted by Gasteiger charge is 2.35. The Kier molecular flexibility index (Phi) is 2.91. The van der Waals surface area contributed by atoms with Gasteiger partial charge in [0.05, 0.1) is 12.7 Å². The van der Waals surface area contributed by atoms with Crippen molar-refractivity contribution in [2.24, 2.45) is 0 Å². The fourth-order valence-corrected chi connectivity index (χ4v) is 1.74. The fourth-order valence-electron chi connectivity index (χ4n) is 1.74. The monoisotopic (exact) mass is 233 g/mol. The molecular weight excluding hydrogens is 222 g/mol. The first-order valence-electron chi connectivity index (χ1n) is 5.18. The molecule has 1 aliphatic rings. The first-order chi connectivity index (χ1) is 8.15. The zero-order valence-electron chi connectivity index (χ0n) is 9.30. The average Bonchev–Trinajstić information content (AvgIpc) is 2.68. The minimum Gasteiger partial charge on any atom is -0.496 e. The summed E-state index contributed by atoms with van der Waals surface area (Å²) in [7, 11) is 1.43. The number of carbonyl (C=O) groups excluding carboxylic acids is 3. The van der Waals surface area contributed by atoms with E-state index in [-0.39, 0.29) is 18.4 Å². The summed E-state index contributed by atoms with van der Waals surface area (Å²) in [5.41, 5.74) is 0.221. The Balaban J connectivity index is 2.37. The van der Waals surface area contributed by atoms with Crippen molar-refractivity contribution in [3.05, 3.63) is 29.8 Å². The number of rotatable bonds is 2. The van der Waals surface area contributed by atoms with Crippen molar-refractivity contribution in [3.8, 4) is 5.75 Å². The molecule has 1 heterocycles. The summed E-state index contributed by atoms with van der Waals surface area (Å²) >= 11 is 0. The molecule has 0 bridgehead atoms. The topological polar surface area (TPSA) is 63.7 Å². The van der Waals surface area contributed by atoms with E-state index in [0.717, 1.165) is 0 Å². The molecule has 5 heteroatoms. The van der Waals surface area contributed by atoms with E-state index in [1.54, 1.807) is 18.2 Å². The van der Waals surface area contributed by atoms with E-state index in [4.69, 9.17) is 4.74 Å². The predicted molar refractivity (Wildman–Crippen MR) is 58.4 cm³/mol. The molecule has 0 aromatic heterocycles. The van der Waals surface area contributed by atoms with E-state index in [9.17, 15) is 14.4 Å². The number of imide groups is 3. The van der Waals surface area contributed by atoms with Crippen molar-refractivity contribution in [1.82, 2.24) is 4.90 Å². The van der Waals surface area contributed by atoms with Gasteiger partial charge in [-0.2, -0.15) is 0 Å². The summed E-state index contributed by atoms with van der Waals surface area (Å²) in [6.07, 6.45) is 0.194. The molecule has 1 fully saturated rings. The van der Waals surface area contributed by atoms with Crippen LogP contribution in [0.5, 0.6) is 5.75 Å². The summed E-state index contributed by atoms with van der Waals surface area (Å²) in [5, 5.41) is 0. The SMILES string of the molecule is COc1ccccc1C(=O)N1C(=O)CCC1=O. The van der Waals surface area contributed by atoms with E-state index in [2.05, 4.69) is 0 Å². The number of hydrogen-bond acceptors (Lipinski definition) is 4. The van der Waals surface area contributed by atoms with Crippen LogP contribution in [0.2, 0.25) is 0 Å². The van der Waals surface area contributed by atoms with Gasteiger partial charge in [0.1, 0.15) is 5.75 Å². The average molecular weight is 233 g/mol. The van der Waals surface area contributed by atoms with Crippen molar-refractivity contribution in [2.45, 2.75) is 12.8 Å². The van der Waals surface area contributed by atoms with Gasteiger partial charge in [0.2, 0.25) is 11.8 Å². The van der Waals surface area contributed by atoms with Crippen LogP contribution >= 0.6 is 0 Å². The normalized spacial score (nSPS) is 15.2. The molecule has 1 aromatic carbocycles. The quantitative estimate of drug-likeness (QED) is 0.714. The van der Waals surface area contributed by atoms with E-state index in [0.29, 0.717) is 10.6 Å². The van der Waals surface area contributed by atoms with E-state index in [1.165, 1.54) is 13.2 Å². The van der Waals surface area contributed by atoms with Crippen molar-refractivity contribution in [3.63, 3.8) is 0 Å². The maximum Gasteiger partial charge on any atom is 0.271 e. The van der Waals surface area contributed by atoms with Crippen LogP contribution in [0.4, 0.5) is 0 Å². The smallest absolute Gasteiger partial charge is 0.271 e. The molecule has 3 amide bonds. The number of amides is 3. The van der Waals surface area contributed by atoms with Gasteiger partial charge in [-0.15, -0.1) is 0 Å². The third-order valence-corrected chi connectivity index (χ3v) is 2.59. The number of para-hydroxylation sites is 1. The second-order valence-electron chi connectivity index (χ2n) is 3.63. The van der Waals surface area contributed by atoms with Gasteiger partial charge in [-0.1, -0.05) is 12.1 Å². The fraction of sp³-hybridized carbons (Fsp3) is 0.250. The molecular formula is C12H11NO4. The van der Waals surface area contributed by atoms with Crippen molar-refractivity contribution < 1.29 is 19.1 Å². The Morgan fingerprint density at radius 1 is 1.18 bits per heavy atom. The highest BCUT2D eigenvalue weighted by Crippen LogP contribution is 2.22. The number of nitrogens with zero attached hydrogens (tertiary/aromatic N) is 1. The largest absolute Gasteiger partial charge is 0.496 e. The first-order valence-corrected chi connectivity index (χ1v) is 5.18. The lowest BCUT2D eigenvalue weighted by Crippen LogP contribution is -2.35. The highest BCUT2D eigenvalue weighted by atomic mass is 16.5. The Morgan fingerprint density at radius 2 is 1.76 bits per heavy atom. The van der Waals surface area contributed by atoms with Crippen molar-refractivity contribution >= 4 is 17.7 Å². The molecule has 88 valence electrons. The molecule has 1 saturated heterocycles. The van der Waals surface area contributed by atoms with Gasteiger partial charge in [0.15, 0.2) is 0 Å². The zero-order valence-corrected chi connectivity index (χ0v) is 9.30.